The summed E-state index contributed by atoms with van der Waals surface area (Å²) in [4.78, 5) is 13.8. The molecule has 3 heteroatoms. The van der Waals surface area contributed by atoms with Crippen LogP contribution < -0.4 is 5.73 Å². The normalized spacial score (nSPS) is 8.89. The molecule has 0 aliphatic rings. The van der Waals surface area contributed by atoms with Gasteiger partial charge in [0.05, 0.1) is 11.9 Å². The molecule has 0 unspecified atom stereocenters. The third-order valence-corrected chi connectivity index (χ3v) is 1.01. The minimum atomic E-state index is 0.424. The molecule has 0 aromatic carbocycles. The molecule has 0 saturated heterocycles. The largest absolute Gasteiger partial charge is 0.397 e. The van der Waals surface area contributed by atoms with Crippen LogP contribution in [-0.4, -0.2) is 11.3 Å². The number of nitrogen functional groups attached to an aromatic ring is 1. The number of carbonyl (C=O) groups is 1. The molecule has 3 nitrogen and oxygen atoms in total. The quantitative estimate of drug-likeness (QED) is 0.551. The molecule has 0 amide bonds. The van der Waals surface area contributed by atoms with Crippen molar-refractivity contribution in [1.29, 1.82) is 0 Å². The number of rotatable bonds is 1. The minimum absolute atomic E-state index is 0.424. The maximum Gasteiger partial charge on any atom is 0.152 e. The van der Waals surface area contributed by atoms with Gasteiger partial charge >= 0.3 is 0 Å². The van der Waals surface area contributed by atoms with Gasteiger partial charge in [0.1, 0.15) is 0 Å². The fraction of sp³-hybridized carbons (Fsp3) is 0. The molecular weight excluding hydrogens is 116 g/mol. The second-order valence-corrected chi connectivity index (χ2v) is 1.62. The number of hydrogen-bond donors (Lipinski definition) is 1. The van der Waals surface area contributed by atoms with E-state index in [0.29, 0.717) is 17.5 Å². The van der Waals surface area contributed by atoms with E-state index in [-0.39, 0.29) is 0 Å². The Labute approximate surface area is 52.5 Å². The van der Waals surface area contributed by atoms with Gasteiger partial charge in [0.15, 0.2) is 6.29 Å². The van der Waals surface area contributed by atoms with Crippen molar-refractivity contribution >= 4 is 12.0 Å². The van der Waals surface area contributed by atoms with Crippen molar-refractivity contribution in [3.63, 3.8) is 0 Å². The minimum Gasteiger partial charge on any atom is -0.397 e. The molecule has 0 aliphatic carbocycles. The molecular formula is C6H6N2O. The van der Waals surface area contributed by atoms with Gasteiger partial charge in [0, 0.05) is 11.8 Å². The number of nitrogens with two attached hydrogens (primary N) is 1. The first-order valence-electron chi connectivity index (χ1n) is 2.49. The smallest absolute Gasteiger partial charge is 0.152 e. The first kappa shape index (κ1) is 5.75. The number of carbonyl (C=O) groups excluding carboxylic acids is 1. The zero-order chi connectivity index (χ0) is 6.69. The third kappa shape index (κ3) is 1.05. The zero-order valence-electron chi connectivity index (χ0n) is 4.74. The molecule has 1 aromatic heterocycles. The highest BCUT2D eigenvalue weighted by atomic mass is 16.1. The van der Waals surface area contributed by atoms with Crippen LogP contribution in [0.15, 0.2) is 18.5 Å². The van der Waals surface area contributed by atoms with E-state index in [2.05, 4.69) is 4.98 Å². The lowest BCUT2D eigenvalue weighted by molar-refractivity contribution is 0.112. The van der Waals surface area contributed by atoms with Crippen LogP contribution in [0.5, 0.6) is 0 Å². The lowest BCUT2D eigenvalue weighted by Crippen LogP contribution is -1.92. The fourth-order valence-corrected chi connectivity index (χ4v) is 0.525. The number of anilines is 1. The predicted octanol–water partition coefficient (Wildman–Crippen LogP) is 0.476. The summed E-state index contributed by atoms with van der Waals surface area (Å²) in [6, 6.07) is 1.57. The highest BCUT2D eigenvalue weighted by Crippen LogP contribution is 2.03. The standard InChI is InChI=1S/C6H6N2O/c7-6-3-8-2-1-5(6)4-9/h1-4H,7H2. The van der Waals surface area contributed by atoms with Crippen LogP contribution in [0, 0.1) is 0 Å². The Morgan fingerprint density at radius 3 is 2.89 bits per heavy atom. The first-order valence-corrected chi connectivity index (χ1v) is 2.49. The Balaban J connectivity index is 3.15. The van der Waals surface area contributed by atoms with Crippen LogP contribution >= 0.6 is 0 Å². The van der Waals surface area contributed by atoms with Gasteiger partial charge in [0.2, 0.25) is 0 Å². The SMILES string of the molecule is Nc1cnccc1C=O. The van der Waals surface area contributed by atoms with E-state index in [1.54, 1.807) is 6.07 Å². The second-order valence-electron chi connectivity index (χ2n) is 1.62. The van der Waals surface area contributed by atoms with Crippen LogP contribution in [-0.2, 0) is 0 Å². The van der Waals surface area contributed by atoms with E-state index >= 15 is 0 Å². The molecule has 0 atom stereocenters. The molecule has 9 heavy (non-hydrogen) atoms. The Hall–Kier alpha value is -1.38. The lowest BCUT2D eigenvalue weighted by Gasteiger charge is -1.92. The van der Waals surface area contributed by atoms with Crippen LogP contribution in [0.2, 0.25) is 0 Å². The van der Waals surface area contributed by atoms with E-state index in [1.165, 1.54) is 12.4 Å². The zero-order valence-corrected chi connectivity index (χ0v) is 4.74. The Bertz CT molecular complexity index is 222. The molecule has 0 aliphatic heterocycles. The van der Waals surface area contributed by atoms with Crippen molar-refractivity contribution in [2.75, 3.05) is 5.73 Å². The van der Waals surface area contributed by atoms with Gasteiger partial charge in [-0.2, -0.15) is 0 Å². The van der Waals surface area contributed by atoms with E-state index in [0.717, 1.165) is 0 Å². The van der Waals surface area contributed by atoms with E-state index in [1.807, 2.05) is 0 Å². The second kappa shape index (κ2) is 2.26. The van der Waals surface area contributed by atoms with E-state index < -0.39 is 0 Å². The average Bonchev–Trinajstić information content (AvgIpc) is 1.89. The van der Waals surface area contributed by atoms with Crippen molar-refractivity contribution in [2.24, 2.45) is 0 Å². The van der Waals surface area contributed by atoms with Crippen molar-refractivity contribution in [1.82, 2.24) is 4.98 Å². The van der Waals surface area contributed by atoms with Gasteiger partial charge in [-0.1, -0.05) is 0 Å². The van der Waals surface area contributed by atoms with Crippen LogP contribution in [0.4, 0.5) is 5.69 Å². The van der Waals surface area contributed by atoms with Gasteiger partial charge < -0.3 is 5.73 Å². The Morgan fingerprint density at radius 2 is 2.44 bits per heavy atom. The molecule has 1 aromatic rings. The molecule has 1 rings (SSSR count). The summed E-state index contributed by atoms with van der Waals surface area (Å²) in [5.41, 5.74) is 6.25. The summed E-state index contributed by atoms with van der Waals surface area (Å²) in [6.07, 6.45) is 3.68. The van der Waals surface area contributed by atoms with Crippen LogP contribution in [0.1, 0.15) is 10.4 Å². The molecule has 0 radical (unpaired) electrons. The van der Waals surface area contributed by atoms with Crippen LogP contribution in [0.3, 0.4) is 0 Å². The number of aldehydes is 1. The molecule has 1 heterocycles. The highest BCUT2D eigenvalue weighted by Gasteiger charge is 1.91. The summed E-state index contributed by atoms with van der Waals surface area (Å²) in [6.45, 7) is 0. The molecule has 2 N–H and O–H groups in total. The Kier molecular flexibility index (Phi) is 1.44. The summed E-state index contributed by atoms with van der Waals surface area (Å²) in [5.74, 6) is 0. The predicted molar refractivity (Wildman–Crippen MR) is 34.0 cm³/mol. The van der Waals surface area contributed by atoms with Crippen molar-refractivity contribution in [2.45, 2.75) is 0 Å². The molecule has 0 spiro atoms. The molecule has 46 valence electrons. The van der Waals surface area contributed by atoms with Gasteiger partial charge in [-0.15, -0.1) is 0 Å². The topological polar surface area (TPSA) is 56.0 Å². The average molecular weight is 122 g/mol. The maximum atomic E-state index is 10.1. The highest BCUT2D eigenvalue weighted by molar-refractivity contribution is 5.82. The number of hydrogen-bond acceptors (Lipinski definition) is 3. The van der Waals surface area contributed by atoms with Crippen molar-refractivity contribution < 1.29 is 4.79 Å². The first-order chi connectivity index (χ1) is 4.34. The third-order valence-electron chi connectivity index (χ3n) is 1.01. The van der Waals surface area contributed by atoms with Gasteiger partial charge in [-0.25, -0.2) is 0 Å². The van der Waals surface area contributed by atoms with Gasteiger partial charge in [-0.05, 0) is 6.07 Å². The van der Waals surface area contributed by atoms with Gasteiger partial charge in [0.25, 0.3) is 0 Å². The summed E-state index contributed by atoms with van der Waals surface area (Å²) in [5, 5.41) is 0. The fourth-order valence-electron chi connectivity index (χ4n) is 0.525. The van der Waals surface area contributed by atoms with E-state index in [4.69, 9.17) is 5.73 Å². The molecule has 0 fully saturated rings. The summed E-state index contributed by atoms with van der Waals surface area (Å²) in [7, 11) is 0. The summed E-state index contributed by atoms with van der Waals surface area (Å²) >= 11 is 0. The van der Waals surface area contributed by atoms with Gasteiger partial charge in [-0.3, -0.25) is 9.78 Å². The van der Waals surface area contributed by atoms with Crippen LogP contribution in [0.25, 0.3) is 0 Å². The molecule has 0 saturated carbocycles. The number of aromatic nitrogens is 1. The van der Waals surface area contributed by atoms with Crippen molar-refractivity contribution in [3.8, 4) is 0 Å². The van der Waals surface area contributed by atoms with E-state index in [9.17, 15) is 4.79 Å². The molecule has 0 bridgehead atoms. The lowest BCUT2D eigenvalue weighted by atomic mass is 10.2. The summed E-state index contributed by atoms with van der Waals surface area (Å²) < 4.78 is 0. The maximum absolute atomic E-state index is 10.1. The number of nitrogens with zero attached hydrogens (tertiary/aromatic N) is 1. The monoisotopic (exact) mass is 122 g/mol. The Morgan fingerprint density at radius 1 is 1.67 bits per heavy atom. The van der Waals surface area contributed by atoms with Crippen molar-refractivity contribution in [3.05, 3.63) is 24.0 Å². The number of pyridine rings is 1.